The number of aliphatic hydroxyl groups excluding tert-OH is 1. The van der Waals surface area contributed by atoms with E-state index in [0.717, 1.165) is 41.8 Å². The van der Waals surface area contributed by atoms with Crippen LogP contribution in [0.5, 0.6) is 5.75 Å². The molecule has 1 aliphatic rings. The van der Waals surface area contributed by atoms with E-state index in [1.54, 1.807) is 17.1 Å². The fourth-order valence-electron chi connectivity index (χ4n) is 4.14. The Morgan fingerprint density at radius 2 is 2.16 bits per heavy atom. The maximum absolute atomic E-state index is 13.1. The molecule has 2 aromatic heterocycles. The van der Waals surface area contributed by atoms with Gasteiger partial charge in [-0.3, -0.25) is 4.79 Å². The van der Waals surface area contributed by atoms with E-state index >= 15 is 0 Å². The van der Waals surface area contributed by atoms with Crippen LogP contribution in [0.3, 0.4) is 0 Å². The lowest BCUT2D eigenvalue weighted by molar-refractivity contribution is 0.0715. The summed E-state index contributed by atoms with van der Waals surface area (Å²) in [7, 11) is 1.50. The minimum atomic E-state index is -0.529. The van der Waals surface area contributed by atoms with Crippen LogP contribution in [0.1, 0.15) is 52.7 Å². The Bertz CT molecular complexity index is 1080. The lowest BCUT2D eigenvalue weighted by atomic mass is 9.92. The lowest BCUT2D eigenvalue weighted by Gasteiger charge is -2.28. The van der Waals surface area contributed by atoms with Crippen LogP contribution in [0.25, 0.3) is 5.82 Å². The van der Waals surface area contributed by atoms with Gasteiger partial charge in [-0.05, 0) is 61.1 Å². The first-order valence-electron chi connectivity index (χ1n) is 10.8. The summed E-state index contributed by atoms with van der Waals surface area (Å²) in [5.74, 6) is 0.792. The molecule has 1 aromatic carbocycles. The minimum Gasteiger partial charge on any atom is -0.494 e. The highest BCUT2D eigenvalue weighted by Crippen LogP contribution is 2.35. The highest BCUT2D eigenvalue weighted by molar-refractivity contribution is 6.33. The number of aromatic nitrogens is 3. The summed E-state index contributed by atoms with van der Waals surface area (Å²) in [4.78, 5) is 17.6. The van der Waals surface area contributed by atoms with Gasteiger partial charge in [0.05, 0.1) is 29.8 Å². The minimum absolute atomic E-state index is 0.261. The third-order valence-corrected chi connectivity index (χ3v) is 6.47. The molecule has 168 valence electrons. The average molecular weight is 455 g/mol. The molecule has 2 atom stereocenters. The second-order valence-electron chi connectivity index (χ2n) is 8.14. The number of methoxy groups -OCH3 is 1. The number of pyridine rings is 1. The quantitative estimate of drug-likeness (QED) is 0.590. The van der Waals surface area contributed by atoms with Gasteiger partial charge in [0, 0.05) is 18.6 Å². The zero-order valence-corrected chi connectivity index (χ0v) is 19.0. The number of carbonyl (C=O) groups is 1. The fourth-order valence-corrected chi connectivity index (χ4v) is 4.44. The largest absolute Gasteiger partial charge is 0.494 e. The topological polar surface area (TPSA) is 89.3 Å². The SMILES string of the molecule is COc1c(C(=O)N[C@H]2CCCC[C@@H]2O)cc(Cc2ccc(-n3cccn3)nc2)c(C)c1Cl. The van der Waals surface area contributed by atoms with Crippen molar-refractivity contribution in [2.45, 2.75) is 51.2 Å². The van der Waals surface area contributed by atoms with Crippen LogP contribution in [0.15, 0.2) is 42.9 Å². The van der Waals surface area contributed by atoms with E-state index < -0.39 is 6.10 Å². The number of nitrogens with zero attached hydrogens (tertiary/aromatic N) is 3. The zero-order valence-electron chi connectivity index (χ0n) is 18.2. The summed E-state index contributed by atoms with van der Waals surface area (Å²) < 4.78 is 7.17. The van der Waals surface area contributed by atoms with Crippen molar-refractivity contribution >= 4 is 17.5 Å². The van der Waals surface area contributed by atoms with Crippen LogP contribution >= 0.6 is 11.6 Å². The molecule has 1 amide bonds. The second kappa shape index (κ2) is 9.71. The van der Waals surface area contributed by atoms with Gasteiger partial charge in [-0.2, -0.15) is 5.10 Å². The van der Waals surface area contributed by atoms with Gasteiger partial charge in [-0.1, -0.05) is 30.5 Å². The monoisotopic (exact) mass is 454 g/mol. The molecular formula is C24H27ClN4O3. The molecule has 1 saturated carbocycles. The van der Waals surface area contributed by atoms with Crippen molar-refractivity contribution in [1.82, 2.24) is 20.1 Å². The molecule has 0 unspecified atom stereocenters. The summed E-state index contributed by atoms with van der Waals surface area (Å²) in [6.45, 7) is 1.91. The number of hydrogen-bond acceptors (Lipinski definition) is 5. The number of benzene rings is 1. The van der Waals surface area contributed by atoms with Crippen molar-refractivity contribution in [3.05, 3.63) is 70.1 Å². The molecular weight excluding hydrogens is 428 g/mol. The molecule has 2 N–H and O–H groups in total. The molecule has 0 radical (unpaired) electrons. The Morgan fingerprint density at radius 3 is 2.81 bits per heavy atom. The Morgan fingerprint density at radius 1 is 1.34 bits per heavy atom. The van der Waals surface area contributed by atoms with Crippen molar-refractivity contribution in [2.24, 2.45) is 0 Å². The molecule has 1 fully saturated rings. The van der Waals surface area contributed by atoms with Crippen LogP contribution in [-0.2, 0) is 6.42 Å². The maximum atomic E-state index is 13.1. The maximum Gasteiger partial charge on any atom is 0.255 e. The number of halogens is 1. The van der Waals surface area contributed by atoms with Crippen LogP contribution < -0.4 is 10.1 Å². The summed E-state index contributed by atoms with van der Waals surface area (Å²) >= 11 is 6.60. The number of ether oxygens (including phenoxy) is 1. The van der Waals surface area contributed by atoms with Gasteiger partial charge < -0.3 is 15.2 Å². The third kappa shape index (κ3) is 4.64. The first-order valence-corrected chi connectivity index (χ1v) is 11.2. The van der Waals surface area contributed by atoms with Crippen molar-refractivity contribution in [3.8, 4) is 11.6 Å². The van der Waals surface area contributed by atoms with Crippen LogP contribution in [-0.4, -0.2) is 45.0 Å². The molecule has 0 spiro atoms. The number of rotatable bonds is 6. The highest BCUT2D eigenvalue weighted by atomic mass is 35.5. The van der Waals surface area contributed by atoms with Crippen LogP contribution in [0, 0.1) is 6.92 Å². The summed E-state index contributed by atoms with van der Waals surface area (Å²) in [6, 6.07) is 7.30. The van der Waals surface area contributed by atoms with Gasteiger partial charge in [-0.15, -0.1) is 0 Å². The average Bonchev–Trinajstić information content (AvgIpc) is 3.34. The number of carbonyl (C=O) groups excluding carboxylic acids is 1. The smallest absolute Gasteiger partial charge is 0.255 e. The van der Waals surface area contributed by atoms with Gasteiger partial charge in [0.25, 0.3) is 5.91 Å². The Kier molecular flexibility index (Phi) is 6.77. The first kappa shape index (κ1) is 22.3. The molecule has 3 aromatic rings. The Labute approximate surface area is 192 Å². The van der Waals surface area contributed by atoms with E-state index in [4.69, 9.17) is 16.3 Å². The van der Waals surface area contributed by atoms with Gasteiger partial charge in [0.2, 0.25) is 0 Å². The summed E-state index contributed by atoms with van der Waals surface area (Å²) in [5.41, 5.74) is 3.13. The van der Waals surface area contributed by atoms with Crippen molar-refractivity contribution < 1.29 is 14.6 Å². The lowest BCUT2D eigenvalue weighted by Crippen LogP contribution is -2.45. The molecule has 1 aliphatic carbocycles. The standard InChI is InChI=1S/C24H27ClN4O3/c1-15-17(12-16-8-9-21(26-14-16)29-11-5-10-27-29)13-18(23(32-2)22(15)25)24(31)28-19-6-3-4-7-20(19)30/h5,8-11,13-14,19-20,30H,3-4,6-7,12H2,1-2H3,(H,28,31)/t19-,20-/m0/s1. The third-order valence-electron chi connectivity index (χ3n) is 6.01. The number of hydrogen-bond donors (Lipinski definition) is 2. The molecule has 4 rings (SSSR count). The fraction of sp³-hybridized carbons (Fsp3) is 0.375. The predicted molar refractivity (Wildman–Crippen MR) is 123 cm³/mol. The van der Waals surface area contributed by atoms with Gasteiger partial charge in [-0.25, -0.2) is 9.67 Å². The first-order chi connectivity index (χ1) is 15.5. The second-order valence-corrected chi connectivity index (χ2v) is 8.52. The van der Waals surface area contributed by atoms with E-state index in [2.05, 4.69) is 15.4 Å². The van der Waals surface area contributed by atoms with Crippen molar-refractivity contribution in [1.29, 1.82) is 0 Å². The molecule has 0 saturated heterocycles. The molecule has 8 heteroatoms. The molecule has 2 heterocycles. The Hall–Kier alpha value is -2.90. The summed E-state index contributed by atoms with van der Waals surface area (Å²) in [6.07, 6.45) is 8.80. The van der Waals surface area contributed by atoms with Gasteiger partial charge >= 0.3 is 0 Å². The van der Waals surface area contributed by atoms with Gasteiger partial charge in [0.15, 0.2) is 5.82 Å². The molecule has 7 nitrogen and oxygen atoms in total. The number of aliphatic hydroxyl groups is 1. The van der Waals surface area contributed by atoms with E-state index in [9.17, 15) is 9.90 Å². The molecule has 32 heavy (non-hydrogen) atoms. The van der Waals surface area contributed by atoms with Crippen molar-refractivity contribution in [3.63, 3.8) is 0 Å². The van der Waals surface area contributed by atoms with E-state index in [-0.39, 0.29) is 11.9 Å². The number of amides is 1. The van der Waals surface area contributed by atoms with Crippen LogP contribution in [0.2, 0.25) is 5.02 Å². The molecule has 0 aliphatic heterocycles. The molecule has 0 bridgehead atoms. The van der Waals surface area contributed by atoms with Crippen molar-refractivity contribution in [2.75, 3.05) is 7.11 Å². The zero-order chi connectivity index (χ0) is 22.7. The van der Waals surface area contributed by atoms with Crippen LogP contribution in [0.4, 0.5) is 0 Å². The Balaban J connectivity index is 1.60. The summed E-state index contributed by atoms with van der Waals surface area (Å²) in [5, 5.41) is 17.8. The van der Waals surface area contributed by atoms with E-state index in [1.165, 1.54) is 7.11 Å². The highest BCUT2D eigenvalue weighted by Gasteiger charge is 2.27. The number of nitrogens with one attached hydrogen (secondary N) is 1. The van der Waals surface area contributed by atoms with E-state index in [1.807, 2.05) is 37.4 Å². The normalized spacial score (nSPS) is 18.4. The van der Waals surface area contributed by atoms with Gasteiger partial charge in [0.1, 0.15) is 5.75 Å². The van der Waals surface area contributed by atoms with E-state index in [0.29, 0.717) is 29.2 Å². The predicted octanol–water partition coefficient (Wildman–Crippen LogP) is 3.86.